The summed E-state index contributed by atoms with van der Waals surface area (Å²) < 4.78 is 0. The number of nitrogens with one attached hydrogen (secondary N) is 1. The minimum Gasteiger partial charge on any atom is -0.356 e. The monoisotopic (exact) mass is 255 g/mol. The number of nitrogens with zero attached hydrogens (tertiary/aromatic N) is 2. The normalized spacial score (nSPS) is 10.8. The highest BCUT2D eigenvalue weighted by molar-refractivity contribution is 7.09. The predicted molar refractivity (Wildman–Crippen MR) is 71.1 cm³/mol. The number of aromatic nitrogens is 1. The van der Waals surface area contributed by atoms with Crippen LogP contribution >= 0.6 is 11.3 Å². The van der Waals surface area contributed by atoms with Crippen LogP contribution in [0.5, 0.6) is 0 Å². The third-order valence-electron chi connectivity index (χ3n) is 2.24. The van der Waals surface area contributed by atoms with Gasteiger partial charge >= 0.3 is 0 Å². The zero-order valence-electron chi connectivity index (χ0n) is 10.8. The van der Waals surface area contributed by atoms with E-state index in [1.165, 1.54) is 0 Å². The fourth-order valence-corrected chi connectivity index (χ4v) is 2.32. The van der Waals surface area contributed by atoms with Crippen molar-refractivity contribution in [3.05, 3.63) is 16.1 Å². The molecule has 1 aromatic heterocycles. The molecule has 1 rings (SSSR count). The largest absolute Gasteiger partial charge is 0.356 e. The van der Waals surface area contributed by atoms with Gasteiger partial charge in [-0.05, 0) is 20.5 Å². The van der Waals surface area contributed by atoms with Crippen LogP contribution in [0.25, 0.3) is 0 Å². The number of unbranched alkanes of at least 4 members (excludes halogenated alkanes) is 1. The van der Waals surface area contributed by atoms with E-state index in [4.69, 9.17) is 0 Å². The second kappa shape index (κ2) is 7.40. The van der Waals surface area contributed by atoms with Crippen molar-refractivity contribution >= 4 is 17.2 Å². The molecule has 0 spiro atoms. The number of carbonyl (C=O) groups is 1. The molecule has 0 unspecified atom stereocenters. The molecule has 0 radical (unpaired) electrons. The van der Waals surface area contributed by atoms with Crippen LogP contribution in [0, 0.1) is 0 Å². The van der Waals surface area contributed by atoms with Gasteiger partial charge in [0.1, 0.15) is 5.01 Å². The van der Waals surface area contributed by atoms with Gasteiger partial charge in [0.15, 0.2) is 0 Å². The molecule has 0 bridgehead atoms. The summed E-state index contributed by atoms with van der Waals surface area (Å²) >= 11 is 1.62. The first-order chi connectivity index (χ1) is 8.11. The lowest BCUT2D eigenvalue weighted by Crippen LogP contribution is -2.26. The standard InChI is InChI=1S/C12H21N3OS/c1-4-5-6-13-11(16)7-10-9-17-12(14-10)8-15(2)3/h9H,4-8H2,1-3H3,(H,13,16). The summed E-state index contributed by atoms with van der Waals surface area (Å²) in [5.74, 6) is 0.0696. The lowest BCUT2D eigenvalue weighted by molar-refractivity contribution is -0.120. The molecule has 1 amide bonds. The first kappa shape index (κ1) is 14.1. The van der Waals surface area contributed by atoms with Crippen molar-refractivity contribution in [2.45, 2.75) is 32.7 Å². The van der Waals surface area contributed by atoms with E-state index in [1.54, 1.807) is 11.3 Å². The number of carbonyl (C=O) groups excluding carboxylic acids is 1. The van der Waals surface area contributed by atoms with E-state index in [-0.39, 0.29) is 5.91 Å². The third kappa shape index (κ3) is 5.79. The Morgan fingerprint density at radius 1 is 1.53 bits per heavy atom. The zero-order chi connectivity index (χ0) is 12.7. The maximum atomic E-state index is 11.6. The first-order valence-electron chi connectivity index (χ1n) is 5.96. The Balaban J connectivity index is 2.35. The summed E-state index contributed by atoms with van der Waals surface area (Å²) in [5, 5.41) is 5.93. The van der Waals surface area contributed by atoms with E-state index >= 15 is 0 Å². The first-order valence-corrected chi connectivity index (χ1v) is 6.84. The van der Waals surface area contributed by atoms with E-state index in [0.717, 1.165) is 36.6 Å². The molecule has 1 N–H and O–H groups in total. The van der Waals surface area contributed by atoms with Crippen molar-refractivity contribution in [2.75, 3.05) is 20.6 Å². The predicted octanol–water partition coefficient (Wildman–Crippen LogP) is 1.66. The lowest BCUT2D eigenvalue weighted by Gasteiger charge is -2.05. The molecule has 0 aliphatic heterocycles. The molecule has 0 aromatic carbocycles. The smallest absolute Gasteiger partial charge is 0.226 e. The minimum absolute atomic E-state index is 0.0696. The number of thiazole rings is 1. The number of amides is 1. The van der Waals surface area contributed by atoms with Crippen LogP contribution in [-0.4, -0.2) is 36.4 Å². The van der Waals surface area contributed by atoms with Gasteiger partial charge in [0.2, 0.25) is 5.91 Å². The van der Waals surface area contributed by atoms with Gasteiger partial charge in [-0.3, -0.25) is 4.79 Å². The maximum Gasteiger partial charge on any atom is 0.226 e. The van der Waals surface area contributed by atoms with Gasteiger partial charge in [0, 0.05) is 18.5 Å². The van der Waals surface area contributed by atoms with Gasteiger partial charge in [0.05, 0.1) is 12.1 Å². The molecule has 5 heteroatoms. The van der Waals surface area contributed by atoms with Crippen LogP contribution in [0.3, 0.4) is 0 Å². The number of hydrogen-bond donors (Lipinski definition) is 1. The molecule has 1 heterocycles. The highest BCUT2D eigenvalue weighted by Gasteiger charge is 2.07. The van der Waals surface area contributed by atoms with Crippen molar-refractivity contribution < 1.29 is 4.79 Å². The lowest BCUT2D eigenvalue weighted by atomic mass is 10.3. The van der Waals surface area contributed by atoms with Crippen LogP contribution in [-0.2, 0) is 17.8 Å². The van der Waals surface area contributed by atoms with Gasteiger partial charge in [-0.25, -0.2) is 4.98 Å². The van der Waals surface area contributed by atoms with Crippen LogP contribution in [0.1, 0.15) is 30.5 Å². The molecule has 0 saturated carbocycles. The summed E-state index contributed by atoms with van der Waals surface area (Å²) in [6, 6.07) is 0. The van der Waals surface area contributed by atoms with Gasteiger partial charge in [-0.1, -0.05) is 13.3 Å². The Morgan fingerprint density at radius 3 is 2.94 bits per heavy atom. The van der Waals surface area contributed by atoms with Crippen molar-refractivity contribution in [2.24, 2.45) is 0 Å². The quantitative estimate of drug-likeness (QED) is 0.754. The van der Waals surface area contributed by atoms with E-state index in [0.29, 0.717) is 6.42 Å². The van der Waals surface area contributed by atoms with Crippen LogP contribution < -0.4 is 5.32 Å². The SMILES string of the molecule is CCCCNC(=O)Cc1csc(CN(C)C)n1. The van der Waals surface area contributed by atoms with Crippen LogP contribution in [0.4, 0.5) is 0 Å². The minimum atomic E-state index is 0.0696. The Bertz CT molecular complexity index is 349. The fourth-order valence-electron chi connectivity index (χ4n) is 1.40. The Morgan fingerprint density at radius 2 is 2.29 bits per heavy atom. The van der Waals surface area contributed by atoms with E-state index < -0.39 is 0 Å². The molecule has 0 aliphatic carbocycles. The van der Waals surface area contributed by atoms with Gasteiger partial charge < -0.3 is 10.2 Å². The fraction of sp³-hybridized carbons (Fsp3) is 0.667. The molecule has 0 aliphatic rings. The van der Waals surface area contributed by atoms with Crippen molar-refractivity contribution in [1.82, 2.24) is 15.2 Å². The third-order valence-corrected chi connectivity index (χ3v) is 3.13. The molecular formula is C12H21N3OS. The molecule has 96 valence electrons. The molecule has 0 fully saturated rings. The van der Waals surface area contributed by atoms with Gasteiger partial charge in [-0.2, -0.15) is 0 Å². The molecule has 17 heavy (non-hydrogen) atoms. The summed E-state index contributed by atoms with van der Waals surface area (Å²) in [7, 11) is 4.02. The topological polar surface area (TPSA) is 45.2 Å². The molecule has 4 nitrogen and oxygen atoms in total. The summed E-state index contributed by atoms with van der Waals surface area (Å²) in [6.07, 6.45) is 2.53. The number of rotatable bonds is 7. The van der Waals surface area contributed by atoms with Crippen molar-refractivity contribution in [3.63, 3.8) is 0 Å². The van der Waals surface area contributed by atoms with Crippen LogP contribution in [0.15, 0.2) is 5.38 Å². The maximum absolute atomic E-state index is 11.6. The summed E-state index contributed by atoms with van der Waals surface area (Å²) in [4.78, 5) is 18.1. The highest BCUT2D eigenvalue weighted by Crippen LogP contribution is 2.11. The highest BCUT2D eigenvalue weighted by atomic mass is 32.1. The van der Waals surface area contributed by atoms with Gasteiger partial charge in [0.25, 0.3) is 0 Å². The second-order valence-electron chi connectivity index (χ2n) is 4.35. The molecular weight excluding hydrogens is 234 g/mol. The van der Waals surface area contributed by atoms with Gasteiger partial charge in [-0.15, -0.1) is 11.3 Å². The van der Waals surface area contributed by atoms with Crippen LogP contribution in [0.2, 0.25) is 0 Å². The molecule has 0 atom stereocenters. The van der Waals surface area contributed by atoms with E-state index in [9.17, 15) is 4.79 Å². The van der Waals surface area contributed by atoms with Crippen molar-refractivity contribution in [1.29, 1.82) is 0 Å². The Hall–Kier alpha value is -0.940. The average molecular weight is 255 g/mol. The zero-order valence-corrected chi connectivity index (χ0v) is 11.6. The van der Waals surface area contributed by atoms with E-state index in [2.05, 4.69) is 22.1 Å². The second-order valence-corrected chi connectivity index (χ2v) is 5.29. The summed E-state index contributed by atoms with van der Waals surface area (Å²) in [5.41, 5.74) is 0.876. The average Bonchev–Trinajstić information content (AvgIpc) is 2.64. The summed E-state index contributed by atoms with van der Waals surface area (Å²) in [6.45, 7) is 3.71. The molecule has 1 aromatic rings. The Kier molecular flexibility index (Phi) is 6.15. The number of hydrogen-bond acceptors (Lipinski definition) is 4. The van der Waals surface area contributed by atoms with E-state index in [1.807, 2.05) is 19.5 Å². The molecule has 0 saturated heterocycles. The Labute approximate surface area is 107 Å². The van der Waals surface area contributed by atoms with Crippen molar-refractivity contribution in [3.8, 4) is 0 Å².